The Morgan fingerprint density at radius 2 is 1.77 bits per heavy atom. The van der Waals surface area contributed by atoms with E-state index < -0.39 is 30.9 Å². The number of para-hydroxylation sites is 1. The molecule has 10 heteroatoms. The highest BCUT2D eigenvalue weighted by molar-refractivity contribution is 6.06. The number of rotatable bonds is 7. The van der Waals surface area contributed by atoms with Crippen LogP contribution in [0.3, 0.4) is 0 Å². The molecule has 0 atom stereocenters. The summed E-state index contributed by atoms with van der Waals surface area (Å²) in [5, 5.41) is 10.8. The number of hydrogen-bond acceptors (Lipinski definition) is 4. The molecule has 0 saturated heterocycles. The Morgan fingerprint density at radius 1 is 1.14 bits per heavy atom. The highest BCUT2D eigenvalue weighted by Crippen LogP contribution is 2.17. The molecule has 0 spiro atoms. The van der Waals surface area contributed by atoms with Crippen molar-refractivity contribution in [1.82, 2.24) is 0 Å². The summed E-state index contributed by atoms with van der Waals surface area (Å²) in [6, 6.07) is 5.06. The van der Waals surface area contributed by atoms with Gasteiger partial charge in [0, 0.05) is 0 Å². The average molecular weight is 323 g/mol. The van der Waals surface area contributed by atoms with Gasteiger partial charge in [-0.2, -0.15) is 17.6 Å². The molecular formula is C12H9F4NO5. The number of amides is 1. The predicted molar refractivity (Wildman–Crippen MR) is 64.3 cm³/mol. The zero-order valence-corrected chi connectivity index (χ0v) is 10.6. The maximum atomic E-state index is 12.1. The van der Waals surface area contributed by atoms with Crippen LogP contribution in [0.25, 0.3) is 0 Å². The maximum absolute atomic E-state index is 12.1. The molecule has 22 heavy (non-hydrogen) atoms. The molecular weight excluding hydrogens is 314 g/mol. The highest BCUT2D eigenvalue weighted by atomic mass is 19.3. The first-order chi connectivity index (χ1) is 10.3. The lowest BCUT2D eigenvalue weighted by atomic mass is 10.2. The van der Waals surface area contributed by atoms with Crippen molar-refractivity contribution in [1.29, 1.82) is 0 Å². The number of benzene rings is 1. The van der Waals surface area contributed by atoms with Crippen LogP contribution >= 0.6 is 0 Å². The Kier molecular flexibility index (Phi) is 6.17. The Bertz CT molecular complexity index is 576. The number of carbonyl (C=O) groups excluding carboxylic acids is 1. The second-order valence-electron chi connectivity index (χ2n) is 3.56. The summed E-state index contributed by atoms with van der Waals surface area (Å²) in [5.74, 6) is -4.01. The van der Waals surface area contributed by atoms with Gasteiger partial charge in [0.1, 0.15) is 6.26 Å². The normalized spacial score (nSPS) is 11.5. The van der Waals surface area contributed by atoms with E-state index in [0.29, 0.717) is 0 Å². The third kappa shape index (κ3) is 5.31. The van der Waals surface area contributed by atoms with Crippen LogP contribution in [0, 0.1) is 0 Å². The average Bonchev–Trinajstić information content (AvgIpc) is 2.43. The van der Waals surface area contributed by atoms with Gasteiger partial charge in [-0.15, -0.1) is 0 Å². The first kappa shape index (κ1) is 17.3. The molecule has 0 aliphatic heterocycles. The summed E-state index contributed by atoms with van der Waals surface area (Å²) in [6.45, 7) is -6.82. The summed E-state index contributed by atoms with van der Waals surface area (Å²) in [6.07, 6.45) is 0.00946. The van der Waals surface area contributed by atoms with E-state index in [1.807, 2.05) is 5.32 Å². The first-order valence-corrected chi connectivity index (χ1v) is 5.53. The van der Waals surface area contributed by atoms with Gasteiger partial charge in [-0.3, -0.25) is 4.79 Å². The molecule has 0 aliphatic rings. The fourth-order valence-corrected chi connectivity index (χ4v) is 1.31. The molecule has 1 aromatic carbocycles. The van der Waals surface area contributed by atoms with Gasteiger partial charge in [0.15, 0.2) is 0 Å². The second kappa shape index (κ2) is 7.86. The molecule has 0 heterocycles. The molecule has 1 amide bonds. The molecule has 2 N–H and O–H groups in total. The van der Waals surface area contributed by atoms with Crippen molar-refractivity contribution in [3.8, 4) is 0 Å². The fourth-order valence-electron chi connectivity index (χ4n) is 1.31. The molecule has 0 saturated carbocycles. The lowest BCUT2D eigenvalue weighted by Gasteiger charge is -2.11. The van der Waals surface area contributed by atoms with E-state index >= 15 is 0 Å². The van der Waals surface area contributed by atoms with Crippen LogP contribution in [0.15, 0.2) is 36.3 Å². The van der Waals surface area contributed by atoms with E-state index in [2.05, 4.69) is 9.47 Å². The minimum absolute atomic E-state index is 0.00946. The third-order valence-electron chi connectivity index (χ3n) is 2.12. The summed E-state index contributed by atoms with van der Waals surface area (Å²) < 4.78 is 55.4. The van der Waals surface area contributed by atoms with Crippen LogP contribution in [0.5, 0.6) is 0 Å². The number of aromatic carboxylic acids is 1. The zero-order valence-electron chi connectivity index (χ0n) is 10.6. The van der Waals surface area contributed by atoms with Gasteiger partial charge < -0.3 is 19.9 Å². The third-order valence-corrected chi connectivity index (χ3v) is 2.12. The van der Waals surface area contributed by atoms with Crippen LogP contribution in [0.4, 0.5) is 23.2 Å². The van der Waals surface area contributed by atoms with Gasteiger partial charge in [-0.05, 0) is 12.1 Å². The van der Waals surface area contributed by atoms with E-state index in [0.717, 1.165) is 6.07 Å². The Morgan fingerprint density at radius 3 is 2.32 bits per heavy atom. The number of carbonyl (C=O) groups is 2. The Balaban J connectivity index is 2.96. The van der Waals surface area contributed by atoms with Crippen molar-refractivity contribution < 1.29 is 41.7 Å². The molecule has 0 fully saturated rings. The zero-order chi connectivity index (χ0) is 16.7. The lowest BCUT2D eigenvalue weighted by molar-refractivity contribution is -0.135. The van der Waals surface area contributed by atoms with Crippen molar-refractivity contribution in [2.24, 2.45) is 0 Å². The molecule has 0 unspecified atom stereocenters. The van der Waals surface area contributed by atoms with Crippen molar-refractivity contribution in [3.63, 3.8) is 0 Å². The number of hydrogen-bond donors (Lipinski definition) is 2. The molecule has 0 bridgehead atoms. The topological polar surface area (TPSA) is 84.9 Å². The van der Waals surface area contributed by atoms with Crippen LogP contribution in [0.2, 0.25) is 0 Å². The summed E-state index contributed by atoms with van der Waals surface area (Å²) in [4.78, 5) is 22.6. The lowest BCUT2D eigenvalue weighted by Crippen LogP contribution is -2.20. The summed E-state index contributed by atoms with van der Waals surface area (Å²) in [5.41, 5.74) is -0.567. The number of halogens is 4. The van der Waals surface area contributed by atoms with Gasteiger partial charge in [0.05, 0.1) is 11.3 Å². The van der Waals surface area contributed by atoms with E-state index in [1.54, 1.807) is 0 Å². The monoisotopic (exact) mass is 323 g/mol. The molecule has 1 aromatic rings. The van der Waals surface area contributed by atoms with Crippen LogP contribution in [-0.4, -0.2) is 30.2 Å². The number of ether oxygens (including phenoxy) is 2. The van der Waals surface area contributed by atoms with Crippen molar-refractivity contribution >= 4 is 17.6 Å². The second-order valence-corrected chi connectivity index (χ2v) is 3.56. The minimum atomic E-state index is -3.46. The largest absolute Gasteiger partial charge is 0.478 e. The van der Waals surface area contributed by atoms with E-state index in [-0.39, 0.29) is 17.5 Å². The highest BCUT2D eigenvalue weighted by Gasteiger charge is 2.20. The predicted octanol–water partition coefficient (Wildman–Crippen LogP) is 2.64. The molecule has 1 rings (SSSR count). The van der Waals surface area contributed by atoms with Crippen molar-refractivity contribution in [2.45, 2.75) is 13.2 Å². The molecule has 0 aliphatic carbocycles. The first-order valence-electron chi connectivity index (χ1n) is 5.53. The Hall–Kier alpha value is -2.78. The van der Waals surface area contributed by atoms with Gasteiger partial charge in [0.25, 0.3) is 5.91 Å². The number of carboxylic acid groups (broad SMARTS) is 1. The molecule has 6 nitrogen and oxygen atoms in total. The van der Waals surface area contributed by atoms with Crippen LogP contribution in [-0.2, 0) is 14.3 Å². The Labute approximate surface area is 120 Å². The van der Waals surface area contributed by atoms with Gasteiger partial charge >= 0.3 is 19.2 Å². The minimum Gasteiger partial charge on any atom is -0.478 e. The van der Waals surface area contributed by atoms with Crippen molar-refractivity contribution in [3.05, 3.63) is 41.9 Å². The molecule has 120 valence electrons. The van der Waals surface area contributed by atoms with Crippen LogP contribution in [0.1, 0.15) is 10.4 Å². The summed E-state index contributed by atoms with van der Waals surface area (Å²) >= 11 is 0. The molecule has 0 aromatic heterocycles. The smallest absolute Gasteiger partial charge is 0.387 e. The fraction of sp³-hybridized carbons (Fsp3) is 0.167. The van der Waals surface area contributed by atoms with Gasteiger partial charge in [-0.1, -0.05) is 12.1 Å². The SMILES string of the molecule is O=C(Nc1ccccc1C(=O)O)/C(=C\OC(F)F)OC(F)F. The van der Waals surface area contributed by atoms with Crippen LogP contribution < -0.4 is 5.32 Å². The maximum Gasteiger partial charge on any atom is 0.387 e. The standard InChI is InChI=1S/C12H9F4NO5/c13-11(14)21-5-8(22-12(15)16)9(18)17-7-4-2-1-3-6(7)10(19)20/h1-5,11-12H,(H,17,18)(H,19,20)/b8-5+. The summed E-state index contributed by atoms with van der Waals surface area (Å²) in [7, 11) is 0. The van der Waals surface area contributed by atoms with E-state index in [1.165, 1.54) is 18.2 Å². The quantitative estimate of drug-likeness (QED) is 0.458. The number of anilines is 1. The molecule has 0 radical (unpaired) electrons. The number of alkyl halides is 4. The van der Waals surface area contributed by atoms with Gasteiger partial charge in [0.2, 0.25) is 5.76 Å². The van der Waals surface area contributed by atoms with Crippen molar-refractivity contribution in [2.75, 3.05) is 5.32 Å². The number of nitrogens with one attached hydrogen (secondary N) is 1. The number of carboxylic acids is 1. The van der Waals surface area contributed by atoms with E-state index in [4.69, 9.17) is 5.11 Å². The van der Waals surface area contributed by atoms with E-state index in [9.17, 15) is 27.2 Å². The van der Waals surface area contributed by atoms with Gasteiger partial charge in [-0.25, -0.2) is 4.79 Å².